The number of carbonyl (C=O) groups is 1. The Balaban J connectivity index is 1.70. The highest BCUT2D eigenvalue weighted by Crippen LogP contribution is 2.41. The zero-order valence-corrected chi connectivity index (χ0v) is 21.5. The van der Waals surface area contributed by atoms with E-state index in [1.54, 1.807) is 18.2 Å². The van der Waals surface area contributed by atoms with Crippen LogP contribution >= 0.6 is 0 Å². The van der Waals surface area contributed by atoms with Crippen molar-refractivity contribution in [2.45, 2.75) is 51.6 Å². The molecule has 1 N–H and O–H groups in total. The molecule has 38 heavy (non-hydrogen) atoms. The van der Waals surface area contributed by atoms with E-state index in [-0.39, 0.29) is 6.10 Å². The maximum atomic E-state index is 16.1. The fourth-order valence-electron chi connectivity index (χ4n) is 5.22. The molecule has 0 amide bonds. The number of aromatic nitrogens is 2. The maximum absolute atomic E-state index is 16.1. The molecule has 0 bridgehead atoms. The largest absolute Gasteiger partial charge is 0.490 e. The van der Waals surface area contributed by atoms with E-state index in [1.807, 2.05) is 49.4 Å². The Morgan fingerprint density at radius 1 is 1.08 bits per heavy atom. The van der Waals surface area contributed by atoms with Crippen molar-refractivity contribution >= 4 is 28.0 Å². The Hall–Kier alpha value is -4.19. The molecule has 1 aromatic heterocycles. The van der Waals surface area contributed by atoms with Gasteiger partial charge in [0.15, 0.2) is 0 Å². The summed E-state index contributed by atoms with van der Waals surface area (Å²) in [6.45, 7) is 5.56. The maximum Gasteiger partial charge on any atom is 0.335 e. The number of halogens is 1. The third-order valence-corrected chi connectivity index (χ3v) is 7.05. The van der Waals surface area contributed by atoms with Gasteiger partial charge in [-0.15, -0.1) is 0 Å². The minimum Gasteiger partial charge on any atom is -0.490 e. The minimum absolute atomic E-state index is 0.215. The molecule has 0 aliphatic heterocycles. The number of aromatic amines is 1. The summed E-state index contributed by atoms with van der Waals surface area (Å²) >= 11 is 0. The summed E-state index contributed by atoms with van der Waals surface area (Å²) in [6.07, 6.45) is 9.17. The molecule has 0 unspecified atom stereocenters. The van der Waals surface area contributed by atoms with E-state index in [1.165, 1.54) is 25.5 Å². The van der Waals surface area contributed by atoms with Crippen molar-refractivity contribution in [2.24, 2.45) is 0 Å². The van der Waals surface area contributed by atoms with E-state index in [0.29, 0.717) is 39.8 Å². The number of benzene rings is 3. The van der Waals surface area contributed by atoms with Gasteiger partial charge in [-0.1, -0.05) is 50.3 Å². The topological polar surface area (TPSA) is 64.2 Å². The summed E-state index contributed by atoms with van der Waals surface area (Å²) in [7, 11) is 0. The van der Waals surface area contributed by atoms with Crippen LogP contribution in [0.3, 0.4) is 0 Å². The molecule has 1 saturated carbocycles. The van der Waals surface area contributed by atoms with Gasteiger partial charge in [-0.2, -0.15) is 5.10 Å². The second-order valence-electron chi connectivity index (χ2n) is 9.49. The van der Waals surface area contributed by atoms with Crippen LogP contribution < -0.4 is 9.47 Å². The van der Waals surface area contributed by atoms with E-state index in [9.17, 15) is 4.79 Å². The SMILES string of the molecule is C=CC(=O)Oc1ccccc1/C(=C(/CC)c1cccc(OC2CCCCC2)c1)c1ccc2[nH]ncc2c1F. The summed E-state index contributed by atoms with van der Waals surface area (Å²) in [4.78, 5) is 12.2. The van der Waals surface area contributed by atoms with Crippen LogP contribution in [0, 0.1) is 5.82 Å². The Morgan fingerprint density at radius 2 is 1.89 bits per heavy atom. The Labute approximate surface area is 222 Å². The van der Waals surface area contributed by atoms with Gasteiger partial charge >= 0.3 is 5.97 Å². The number of carbonyl (C=O) groups excluding carboxylic acids is 1. The van der Waals surface area contributed by atoms with E-state index in [4.69, 9.17) is 9.47 Å². The first-order chi connectivity index (χ1) is 18.6. The summed E-state index contributed by atoms with van der Waals surface area (Å²) in [6, 6.07) is 18.7. The van der Waals surface area contributed by atoms with Crippen molar-refractivity contribution in [1.82, 2.24) is 10.2 Å². The summed E-state index contributed by atoms with van der Waals surface area (Å²) < 4.78 is 28.0. The first kappa shape index (κ1) is 25.5. The van der Waals surface area contributed by atoms with E-state index < -0.39 is 11.8 Å². The number of nitrogens with one attached hydrogen (secondary N) is 1. The molecule has 0 atom stereocenters. The lowest BCUT2D eigenvalue weighted by Crippen LogP contribution is -2.19. The van der Waals surface area contributed by atoms with Crippen LogP contribution in [0.4, 0.5) is 4.39 Å². The van der Waals surface area contributed by atoms with Crippen molar-refractivity contribution in [3.63, 3.8) is 0 Å². The van der Waals surface area contributed by atoms with E-state index in [2.05, 4.69) is 16.8 Å². The van der Waals surface area contributed by atoms with Crippen molar-refractivity contribution in [3.8, 4) is 11.5 Å². The van der Waals surface area contributed by atoms with Crippen LogP contribution in [0.2, 0.25) is 0 Å². The molecular formula is C32H31FN2O3. The average molecular weight is 511 g/mol. The predicted octanol–water partition coefficient (Wildman–Crippen LogP) is 7.87. The zero-order chi connectivity index (χ0) is 26.5. The van der Waals surface area contributed by atoms with Gasteiger partial charge in [-0.05, 0) is 79.1 Å². The molecule has 1 aliphatic carbocycles. The second kappa shape index (κ2) is 11.5. The normalized spacial score (nSPS) is 14.7. The average Bonchev–Trinajstić information content (AvgIpc) is 3.43. The number of nitrogens with zero attached hydrogens (tertiary/aromatic N) is 1. The predicted molar refractivity (Wildman–Crippen MR) is 148 cm³/mol. The highest BCUT2D eigenvalue weighted by molar-refractivity contribution is 6.02. The quantitative estimate of drug-likeness (QED) is 0.113. The van der Waals surface area contributed by atoms with Crippen LogP contribution in [0.25, 0.3) is 22.0 Å². The second-order valence-corrected chi connectivity index (χ2v) is 9.49. The minimum atomic E-state index is -0.580. The number of H-pyrrole nitrogens is 1. The van der Waals surface area contributed by atoms with E-state index in [0.717, 1.165) is 35.8 Å². The first-order valence-electron chi connectivity index (χ1n) is 13.1. The zero-order valence-electron chi connectivity index (χ0n) is 21.5. The number of ether oxygens (including phenoxy) is 2. The molecule has 1 fully saturated rings. The lowest BCUT2D eigenvalue weighted by atomic mass is 9.87. The van der Waals surface area contributed by atoms with Crippen molar-refractivity contribution in [3.05, 3.63) is 102 Å². The smallest absolute Gasteiger partial charge is 0.335 e. The van der Waals surface area contributed by atoms with Gasteiger partial charge in [0.1, 0.15) is 17.3 Å². The first-order valence-corrected chi connectivity index (χ1v) is 13.1. The molecule has 5 rings (SSSR count). The molecule has 194 valence electrons. The van der Waals surface area contributed by atoms with Crippen molar-refractivity contribution < 1.29 is 18.7 Å². The summed E-state index contributed by atoms with van der Waals surface area (Å²) in [5, 5.41) is 7.24. The molecular weight excluding hydrogens is 479 g/mol. The fourth-order valence-corrected chi connectivity index (χ4v) is 5.22. The number of rotatable bonds is 8. The molecule has 6 heteroatoms. The lowest BCUT2D eigenvalue weighted by Gasteiger charge is -2.24. The molecule has 0 saturated heterocycles. The number of esters is 1. The highest BCUT2D eigenvalue weighted by Gasteiger charge is 2.23. The number of fused-ring (bicyclic) bond motifs is 1. The van der Waals surface area contributed by atoms with Gasteiger partial charge in [0, 0.05) is 17.2 Å². The third-order valence-electron chi connectivity index (χ3n) is 7.05. The van der Waals surface area contributed by atoms with Gasteiger partial charge in [-0.25, -0.2) is 9.18 Å². The standard InChI is InChI=1S/C32H31FN2O3/c1-3-24(21-11-10-14-23(19-21)37-22-12-6-5-7-13-22)31(25-15-8-9-16-29(25)38-30(36)4-2)26-17-18-28-27(32(26)33)20-34-35-28/h4,8-11,14-20,22H,2-3,5-7,12-13H2,1H3,(H,34,35)/b31-24+. The van der Waals surface area contributed by atoms with Crippen LogP contribution in [0.5, 0.6) is 11.5 Å². The van der Waals surface area contributed by atoms with Crippen LogP contribution in [-0.4, -0.2) is 22.3 Å². The number of hydrogen-bond donors (Lipinski definition) is 1. The van der Waals surface area contributed by atoms with Gasteiger partial charge in [0.25, 0.3) is 0 Å². The fraction of sp³-hybridized carbons (Fsp3) is 0.250. The Morgan fingerprint density at radius 3 is 2.68 bits per heavy atom. The van der Waals surface area contributed by atoms with Gasteiger partial charge < -0.3 is 9.47 Å². The number of hydrogen-bond acceptors (Lipinski definition) is 4. The van der Waals surface area contributed by atoms with Crippen LogP contribution in [0.15, 0.2) is 79.5 Å². The molecule has 1 aliphatic rings. The van der Waals surface area contributed by atoms with Crippen molar-refractivity contribution in [1.29, 1.82) is 0 Å². The van der Waals surface area contributed by atoms with Gasteiger partial charge in [0.2, 0.25) is 0 Å². The Bertz CT molecular complexity index is 1500. The number of para-hydroxylation sites is 1. The third kappa shape index (κ3) is 5.25. The Kier molecular flexibility index (Phi) is 7.68. The lowest BCUT2D eigenvalue weighted by molar-refractivity contribution is -0.128. The molecule has 5 nitrogen and oxygen atoms in total. The summed E-state index contributed by atoms with van der Waals surface area (Å²) in [5.74, 6) is 0.164. The number of allylic oxidation sites excluding steroid dienone is 1. The molecule has 0 radical (unpaired) electrons. The summed E-state index contributed by atoms with van der Waals surface area (Å²) in [5.41, 5.74) is 4.10. The van der Waals surface area contributed by atoms with Crippen LogP contribution in [-0.2, 0) is 4.79 Å². The van der Waals surface area contributed by atoms with E-state index >= 15 is 4.39 Å². The van der Waals surface area contributed by atoms with Gasteiger partial charge in [0.05, 0.1) is 23.2 Å². The molecule has 1 heterocycles. The van der Waals surface area contributed by atoms with Crippen molar-refractivity contribution in [2.75, 3.05) is 0 Å². The molecule has 0 spiro atoms. The monoisotopic (exact) mass is 510 g/mol. The molecule has 3 aromatic carbocycles. The van der Waals surface area contributed by atoms with Gasteiger partial charge in [-0.3, -0.25) is 5.10 Å². The highest BCUT2D eigenvalue weighted by atomic mass is 19.1. The van der Waals surface area contributed by atoms with Crippen LogP contribution in [0.1, 0.15) is 62.1 Å². The molecule has 4 aromatic rings.